The number of rotatable bonds is 7. The van der Waals surface area contributed by atoms with Crippen LogP contribution in [0.2, 0.25) is 0 Å². The van der Waals surface area contributed by atoms with Gasteiger partial charge in [-0.25, -0.2) is 4.79 Å². The quantitative estimate of drug-likeness (QED) is 0.328. The zero-order valence-corrected chi connectivity index (χ0v) is 21.0. The number of nitrogens with one attached hydrogen (secondary N) is 1. The Morgan fingerprint density at radius 3 is 2.25 bits per heavy atom. The maximum atomic E-state index is 13.0. The molecule has 0 aromatic heterocycles. The van der Waals surface area contributed by atoms with Gasteiger partial charge in [0.2, 0.25) is 11.8 Å². The average Bonchev–Trinajstić information content (AvgIpc) is 3.11. The molecule has 2 aromatic carbocycles. The summed E-state index contributed by atoms with van der Waals surface area (Å²) in [4.78, 5) is 52.0. The Kier molecular flexibility index (Phi) is 7.70. The first-order chi connectivity index (χ1) is 17.2. The third-order valence-electron chi connectivity index (χ3n) is 6.27. The smallest absolute Gasteiger partial charge is 0.338 e. The molecule has 9 nitrogen and oxygen atoms in total. The number of hydrogen-bond acceptors (Lipinski definition) is 7. The van der Waals surface area contributed by atoms with Gasteiger partial charge in [0.15, 0.2) is 6.61 Å². The highest BCUT2D eigenvalue weighted by molar-refractivity contribution is 6.31. The summed E-state index contributed by atoms with van der Waals surface area (Å²) in [5.74, 6) is -2.24. The number of ether oxygens (including phenoxy) is 3. The van der Waals surface area contributed by atoms with Gasteiger partial charge < -0.3 is 19.5 Å². The van der Waals surface area contributed by atoms with Gasteiger partial charge in [0.1, 0.15) is 11.5 Å². The summed E-state index contributed by atoms with van der Waals surface area (Å²) in [6.07, 6.45) is 0.634. The molecule has 36 heavy (non-hydrogen) atoms. The van der Waals surface area contributed by atoms with Crippen LogP contribution in [0.15, 0.2) is 42.5 Å². The molecule has 2 aromatic rings. The van der Waals surface area contributed by atoms with Gasteiger partial charge in [-0.15, -0.1) is 23.2 Å². The van der Waals surface area contributed by atoms with E-state index in [-0.39, 0.29) is 23.1 Å². The van der Waals surface area contributed by atoms with E-state index < -0.39 is 41.1 Å². The number of halogens is 2. The van der Waals surface area contributed by atoms with Crippen molar-refractivity contribution >= 4 is 58.3 Å². The third kappa shape index (κ3) is 5.12. The van der Waals surface area contributed by atoms with Crippen LogP contribution in [-0.2, 0) is 19.1 Å². The van der Waals surface area contributed by atoms with Crippen molar-refractivity contribution in [3.05, 3.63) is 48.0 Å². The van der Waals surface area contributed by atoms with Crippen LogP contribution in [0.4, 0.5) is 11.4 Å². The highest BCUT2D eigenvalue weighted by Gasteiger charge is 2.52. The van der Waals surface area contributed by atoms with Crippen molar-refractivity contribution in [1.29, 1.82) is 0 Å². The SMILES string of the molecule is COc1ccc(NC(=O)COC(=O)c2cccc(N3C(=O)[C@@H]4C[C@H](Cl)[C@@H](Cl)C[C@H]4C3=O)c2)c(OC)c1. The van der Waals surface area contributed by atoms with Crippen LogP contribution in [0, 0.1) is 11.8 Å². The van der Waals surface area contributed by atoms with Gasteiger partial charge >= 0.3 is 5.97 Å². The van der Waals surface area contributed by atoms with E-state index in [2.05, 4.69) is 5.32 Å². The second-order valence-corrected chi connectivity index (χ2v) is 9.59. The molecule has 1 N–H and O–H groups in total. The first-order valence-corrected chi connectivity index (χ1v) is 12.1. The lowest BCUT2D eigenvalue weighted by molar-refractivity contribution is -0.122. The molecule has 1 heterocycles. The van der Waals surface area contributed by atoms with E-state index in [0.29, 0.717) is 30.0 Å². The molecule has 0 spiro atoms. The number of anilines is 2. The second kappa shape index (κ2) is 10.8. The minimum Gasteiger partial charge on any atom is -0.497 e. The number of fused-ring (bicyclic) bond motifs is 1. The van der Waals surface area contributed by atoms with Crippen molar-refractivity contribution in [3.63, 3.8) is 0 Å². The van der Waals surface area contributed by atoms with Gasteiger partial charge in [-0.3, -0.25) is 19.3 Å². The van der Waals surface area contributed by atoms with Crippen LogP contribution < -0.4 is 19.7 Å². The van der Waals surface area contributed by atoms with Crippen molar-refractivity contribution in [3.8, 4) is 11.5 Å². The Morgan fingerprint density at radius 2 is 1.64 bits per heavy atom. The standard InChI is InChI=1S/C25H24Cl2N2O7/c1-34-15-6-7-20(21(9-15)35-2)28-22(30)12-36-25(33)13-4-3-5-14(8-13)29-23(31)16-10-18(26)19(27)11-17(16)24(29)32/h3-9,16-19H,10-12H2,1-2H3,(H,28,30)/t16-,17-,18+,19+/m1/s1. The Bertz CT molecular complexity index is 1180. The number of esters is 1. The van der Waals surface area contributed by atoms with E-state index in [1.807, 2.05) is 0 Å². The Balaban J connectivity index is 1.41. The number of methoxy groups -OCH3 is 2. The van der Waals surface area contributed by atoms with Crippen molar-refractivity contribution in [2.45, 2.75) is 23.6 Å². The van der Waals surface area contributed by atoms with Crippen LogP contribution in [0.3, 0.4) is 0 Å². The number of carbonyl (C=O) groups excluding carboxylic acids is 4. The van der Waals surface area contributed by atoms with E-state index in [4.69, 9.17) is 37.4 Å². The summed E-state index contributed by atoms with van der Waals surface area (Å²) in [5.41, 5.74) is 0.717. The number of alkyl halides is 2. The number of imide groups is 1. The summed E-state index contributed by atoms with van der Waals surface area (Å²) in [7, 11) is 2.96. The summed E-state index contributed by atoms with van der Waals surface area (Å²) in [6, 6.07) is 10.8. The van der Waals surface area contributed by atoms with Crippen molar-refractivity contribution in [2.75, 3.05) is 31.0 Å². The fourth-order valence-electron chi connectivity index (χ4n) is 4.42. The third-order valence-corrected chi connectivity index (χ3v) is 7.36. The summed E-state index contributed by atoms with van der Waals surface area (Å²) in [6.45, 7) is -0.557. The van der Waals surface area contributed by atoms with Crippen molar-refractivity contribution in [1.82, 2.24) is 0 Å². The molecule has 2 aliphatic rings. The van der Waals surface area contributed by atoms with Gasteiger partial charge in [0.25, 0.3) is 5.91 Å². The highest BCUT2D eigenvalue weighted by Crippen LogP contribution is 2.43. The van der Waals surface area contributed by atoms with Crippen LogP contribution in [0.5, 0.6) is 11.5 Å². The molecule has 4 rings (SSSR count). The van der Waals surface area contributed by atoms with Crippen LogP contribution in [-0.4, -0.2) is 55.3 Å². The first kappa shape index (κ1) is 25.8. The minimum atomic E-state index is -0.785. The van der Waals surface area contributed by atoms with E-state index in [1.165, 1.54) is 32.4 Å². The van der Waals surface area contributed by atoms with E-state index in [1.54, 1.807) is 24.3 Å². The molecule has 1 aliphatic heterocycles. The Hall–Kier alpha value is -3.30. The largest absolute Gasteiger partial charge is 0.497 e. The van der Waals surface area contributed by atoms with E-state index >= 15 is 0 Å². The molecule has 2 fully saturated rings. The summed E-state index contributed by atoms with van der Waals surface area (Å²) >= 11 is 12.5. The molecule has 1 saturated heterocycles. The Labute approximate surface area is 217 Å². The molecule has 190 valence electrons. The molecular weight excluding hydrogens is 511 g/mol. The van der Waals surface area contributed by atoms with Crippen LogP contribution in [0.25, 0.3) is 0 Å². The van der Waals surface area contributed by atoms with Crippen molar-refractivity contribution < 1.29 is 33.4 Å². The van der Waals surface area contributed by atoms with Gasteiger partial charge in [-0.05, 0) is 43.2 Å². The second-order valence-electron chi connectivity index (χ2n) is 8.47. The lowest BCUT2D eigenvalue weighted by Gasteiger charge is -2.28. The average molecular weight is 535 g/mol. The number of hydrogen-bond donors (Lipinski definition) is 1. The maximum absolute atomic E-state index is 13.0. The molecule has 3 amide bonds. The lowest BCUT2D eigenvalue weighted by Crippen LogP contribution is -2.34. The van der Waals surface area contributed by atoms with Crippen LogP contribution >= 0.6 is 23.2 Å². The molecule has 1 saturated carbocycles. The van der Waals surface area contributed by atoms with Gasteiger partial charge in [0, 0.05) is 6.07 Å². The van der Waals surface area contributed by atoms with E-state index in [9.17, 15) is 19.2 Å². The summed E-state index contributed by atoms with van der Waals surface area (Å²) in [5, 5.41) is 1.82. The van der Waals surface area contributed by atoms with Gasteiger partial charge in [0.05, 0.1) is 53.7 Å². The fourth-order valence-corrected chi connectivity index (χ4v) is 5.01. The molecule has 0 bridgehead atoms. The normalized spacial score (nSPS) is 23.2. The number of amides is 3. The molecular formula is C25H24Cl2N2O7. The predicted molar refractivity (Wildman–Crippen MR) is 133 cm³/mol. The predicted octanol–water partition coefficient (Wildman–Crippen LogP) is 3.61. The molecule has 11 heteroatoms. The zero-order chi connectivity index (χ0) is 26.0. The topological polar surface area (TPSA) is 111 Å². The molecule has 4 atom stereocenters. The fraction of sp³-hybridized carbons (Fsp3) is 0.360. The lowest BCUT2D eigenvalue weighted by atomic mass is 9.80. The number of nitrogens with zero attached hydrogens (tertiary/aromatic N) is 1. The van der Waals surface area contributed by atoms with E-state index in [0.717, 1.165) is 4.90 Å². The number of carbonyl (C=O) groups is 4. The highest BCUT2D eigenvalue weighted by atomic mass is 35.5. The van der Waals surface area contributed by atoms with Crippen molar-refractivity contribution in [2.24, 2.45) is 11.8 Å². The summed E-state index contributed by atoms with van der Waals surface area (Å²) < 4.78 is 15.5. The number of benzene rings is 2. The molecule has 1 aliphatic carbocycles. The van der Waals surface area contributed by atoms with Gasteiger partial charge in [-0.2, -0.15) is 0 Å². The monoisotopic (exact) mass is 534 g/mol. The molecule has 0 radical (unpaired) electrons. The van der Waals surface area contributed by atoms with Gasteiger partial charge in [-0.1, -0.05) is 6.07 Å². The molecule has 0 unspecified atom stereocenters. The minimum absolute atomic E-state index is 0.0863. The maximum Gasteiger partial charge on any atom is 0.338 e. The Morgan fingerprint density at radius 1 is 0.972 bits per heavy atom. The van der Waals surface area contributed by atoms with Crippen LogP contribution in [0.1, 0.15) is 23.2 Å². The zero-order valence-electron chi connectivity index (χ0n) is 19.5. The first-order valence-electron chi connectivity index (χ1n) is 11.2.